The molecule has 1 aliphatic heterocycles. The number of rotatable bonds is 4. The number of aliphatic hydroxyl groups excluding tert-OH is 1. The Morgan fingerprint density at radius 1 is 1.42 bits per heavy atom. The summed E-state index contributed by atoms with van der Waals surface area (Å²) in [7, 11) is 0. The van der Waals surface area contributed by atoms with Gasteiger partial charge < -0.3 is 5.11 Å². The third kappa shape index (κ3) is 4.06. The second-order valence-electron chi connectivity index (χ2n) is 3.16. The molecule has 1 nitrogen and oxygen atoms in total. The first-order chi connectivity index (χ1) is 5.83. The fourth-order valence-corrected chi connectivity index (χ4v) is 4.13. The molecule has 1 saturated heterocycles. The standard InChI is InChI=1S/C9H18OS2/c1-2-8(10)4-5-9-11-6-3-7-12-9/h8-10H,2-7H2,1H3/t8-/m0/s1. The predicted molar refractivity (Wildman–Crippen MR) is 58.9 cm³/mol. The van der Waals surface area contributed by atoms with E-state index in [0.717, 1.165) is 17.4 Å². The Bertz CT molecular complexity index is 113. The van der Waals surface area contributed by atoms with Crippen molar-refractivity contribution >= 4 is 23.5 Å². The molecule has 0 aromatic heterocycles. The van der Waals surface area contributed by atoms with E-state index >= 15 is 0 Å². The summed E-state index contributed by atoms with van der Waals surface area (Å²) >= 11 is 4.14. The van der Waals surface area contributed by atoms with Gasteiger partial charge >= 0.3 is 0 Å². The summed E-state index contributed by atoms with van der Waals surface area (Å²) in [5.74, 6) is 2.64. The van der Waals surface area contributed by atoms with E-state index in [1.54, 1.807) is 0 Å². The van der Waals surface area contributed by atoms with Crippen molar-refractivity contribution in [3.63, 3.8) is 0 Å². The van der Waals surface area contributed by atoms with E-state index in [2.05, 4.69) is 23.5 Å². The van der Waals surface area contributed by atoms with Crippen molar-refractivity contribution in [1.82, 2.24) is 0 Å². The van der Waals surface area contributed by atoms with Crippen molar-refractivity contribution < 1.29 is 5.11 Å². The zero-order valence-corrected chi connectivity index (χ0v) is 9.29. The summed E-state index contributed by atoms with van der Waals surface area (Å²) in [6.07, 6.45) is 4.38. The molecule has 3 heteroatoms. The molecule has 0 saturated carbocycles. The Hall–Kier alpha value is 0.660. The molecule has 0 aliphatic carbocycles. The van der Waals surface area contributed by atoms with Crippen LogP contribution in [0.1, 0.15) is 32.6 Å². The molecule has 0 unspecified atom stereocenters. The summed E-state index contributed by atoms with van der Waals surface area (Å²) in [6.45, 7) is 2.05. The lowest BCUT2D eigenvalue weighted by atomic mass is 10.2. The van der Waals surface area contributed by atoms with Gasteiger partial charge in [0.1, 0.15) is 0 Å². The van der Waals surface area contributed by atoms with Crippen molar-refractivity contribution in [3.8, 4) is 0 Å². The van der Waals surface area contributed by atoms with E-state index in [4.69, 9.17) is 0 Å². The molecule has 0 aromatic carbocycles. The van der Waals surface area contributed by atoms with Crippen LogP contribution in [0.4, 0.5) is 0 Å². The van der Waals surface area contributed by atoms with E-state index in [9.17, 15) is 5.11 Å². The Morgan fingerprint density at radius 3 is 2.67 bits per heavy atom. The fraction of sp³-hybridized carbons (Fsp3) is 1.00. The highest BCUT2D eigenvalue weighted by Crippen LogP contribution is 2.33. The van der Waals surface area contributed by atoms with Crippen molar-refractivity contribution in [2.75, 3.05) is 11.5 Å². The number of aliphatic hydroxyl groups is 1. The van der Waals surface area contributed by atoms with Gasteiger partial charge in [-0.25, -0.2) is 0 Å². The molecule has 1 aliphatic rings. The second kappa shape index (κ2) is 6.17. The molecule has 12 heavy (non-hydrogen) atoms. The maximum atomic E-state index is 9.37. The van der Waals surface area contributed by atoms with Gasteiger partial charge in [0.25, 0.3) is 0 Å². The van der Waals surface area contributed by atoms with Crippen LogP contribution in [0.15, 0.2) is 0 Å². The van der Waals surface area contributed by atoms with Crippen LogP contribution in [0.5, 0.6) is 0 Å². The van der Waals surface area contributed by atoms with E-state index in [0.29, 0.717) is 0 Å². The van der Waals surface area contributed by atoms with E-state index < -0.39 is 0 Å². The Balaban J connectivity index is 2.05. The Morgan fingerprint density at radius 2 is 2.08 bits per heavy atom. The van der Waals surface area contributed by atoms with Crippen molar-refractivity contribution in [1.29, 1.82) is 0 Å². The fourth-order valence-electron chi connectivity index (χ4n) is 1.24. The molecule has 1 atom stereocenters. The van der Waals surface area contributed by atoms with Crippen LogP contribution in [0.2, 0.25) is 0 Å². The van der Waals surface area contributed by atoms with E-state index in [1.807, 2.05) is 6.92 Å². The van der Waals surface area contributed by atoms with E-state index in [-0.39, 0.29) is 6.10 Å². The average molecular weight is 206 g/mol. The zero-order valence-electron chi connectivity index (χ0n) is 7.66. The van der Waals surface area contributed by atoms with Gasteiger partial charge in [0, 0.05) is 0 Å². The van der Waals surface area contributed by atoms with Gasteiger partial charge in [0.2, 0.25) is 0 Å². The number of hydrogen-bond acceptors (Lipinski definition) is 3. The quantitative estimate of drug-likeness (QED) is 0.764. The molecule has 1 rings (SSSR count). The third-order valence-electron chi connectivity index (χ3n) is 2.10. The van der Waals surface area contributed by atoms with Crippen LogP contribution < -0.4 is 0 Å². The molecule has 0 bridgehead atoms. The van der Waals surface area contributed by atoms with Crippen molar-refractivity contribution in [3.05, 3.63) is 0 Å². The van der Waals surface area contributed by atoms with Gasteiger partial charge in [-0.3, -0.25) is 0 Å². The first-order valence-electron chi connectivity index (χ1n) is 4.74. The first-order valence-corrected chi connectivity index (χ1v) is 6.84. The van der Waals surface area contributed by atoms with Gasteiger partial charge in [-0.15, -0.1) is 23.5 Å². The SMILES string of the molecule is CC[C@H](O)CCC1SCCCS1. The first kappa shape index (κ1) is 10.7. The van der Waals surface area contributed by atoms with Gasteiger partial charge in [-0.05, 0) is 37.2 Å². The molecule has 1 fully saturated rings. The topological polar surface area (TPSA) is 20.2 Å². The summed E-state index contributed by atoms with van der Waals surface area (Å²) in [5.41, 5.74) is 0. The van der Waals surface area contributed by atoms with Crippen LogP contribution in [-0.2, 0) is 0 Å². The molecule has 1 heterocycles. The highest BCUT2D eigenvalue weighted by Gasteiger charge is 2.15. The number of hydrogen-bond donors (Lipinski definition) is 1. The third-order valence-corrected chi connectivity index (χ3v) is 5.18. The van der Waals surface area contributed by atoms with E-state index in [1.165, 1.54) is 24.3 Å². The lowest BCUT2D eigenvalue weighted by Crippen LogP contribution is -2.11. The molecule has 1 N–H and O–H groups in total. The monoisotopic (exact) mass is 206 g/mol. The molecule has 0 spiro atoms. The normalized spacial score (nSPS) is 22.5. The van der Waals surface area contributed by atoms with Crippen LogP contribution in [-0.4, -0.2) is 27.3 Å². The minimum absolute atomic E-state index is 0.0619. The van der Waals surface area contributed by atoms with Gasteiger partial charge in [0.05, 0.1) is 10.7 Å². The maximum absolute atomic E-state index is 9.37. The van der Waals surface area contributed by atoms with Crippen molar-refractivity contribution in [2.24, 2.45) is 0 Å². The minimum Gasteiger partial charge on any atom is -0.393 e. The Kier molecular flexibility index (Phi) is 5.52. The van der Waals surface area contributed by atoms with Gasteiger partial charge in [0.15, 0.2) is 0 Å². The van der Waals surface area contributed by atoms with Crippen LogP contribution >= 0.6 is 23.5 Å². The minimum atomic E-state index is -0.0619. The maximum Gasteiger partial charge on any atom is 0.0538 e. The molecule has 72 valence electrons. The lowest BCUT2D eigenvalue weighted by Gasteiger charge is -2.21. The average Bonchev–Trinajstić information content (AvgIpc) is 2.16. The number of thioether (sulfide) groups is 2. The smallest absolute Gasteiger partial charge is 0.0538 e. The summed E-state index contributed by atoms with van der Waals surface area (Å²) < 4.78 is 0.764. The molecule has 0 aromatic rings. The molecule has 0 radical (unpaired) electrons. The lowest BCUT2D eigenvalue weighted by molar-refractivity contribution is 0.159. The molecular formula is C9H18OS2. The van der Waals surface area contributed by atoms with Gasteiger partial charge in [-0.1, -0.05) is 6.92 Å². The van der Waals surface area contributed by atoms with Gasteiger partial charge in [-0.2, -0.15) is 0 Å². The highest BCUT2D eigenvalue weighted by atomic mass is 32.2. The van der Waals surface area contributed by atoms with Crippen LogP contribution in [0.25, 0.3) is 0 Å². The Labute approximate surface area is 83.7 Å². The highest BCUT2D eigenvalue weighted by molar-refractivity contribution is 8.17. The molecule has 0 amide bonds. The van der Waals surface area contributed by atoms with Crippen LogP contribution in [0, 0.1) is 0 Å². The second-order valence-corrected chi connectivity index (χ2v) is 6.08. The summed E-state index contributed by atoms with van der Waals surface area (Å²) in [6, 6.07) is 0. The van der Waals surface area contributed by atoms with Crippen molar-refractivity contribution in [2.45, 2.75) is 43.3 Å². The largest absolute Gasteiger partial charge is 0.393 e. The summed E-state index contributed by atoms with van der Waals surface area (Å²) in [4.78, 5) is 0. The predicted octanol–water partition coefficient (Wildman–Crippen LogP) is 2.73. The zero-order chi connectivity index (χ0) is 8.81. The molecular weight excluding hydrogens is 188 g/mol. The summed E-state index contributed by atoms with van der Waals surface area (Å²) in [5, 5.41) is 9.37. The van der Waals surface area contributed by atoms with Crippen LogP contribution in [0.3, 0.4) is 0 Å².